The van der Waals surface area contributed by atoms with Crippen molar-refractivity contribution in [3.8, 4) is 35.3 Å². The predicted molar refractivity (Wildman–Crippen MR) is 120 cm³/mol. The van der Waals surface area contributed by atoms with Gasteiger partial charge in [-0.25, -0.2) is 0 Å². The van der Waals surface area contributed by atoms with Crippen molar-refractivity contribution < 1.29 is 14.2 Å². The molecule has 0 aromatic heterocycles. The van der Waals surface area contributed by atoms with Crippen LogP contribution in [-0.2, 0) is 6.54 Å². The Kier molecular flexibility index (Phi) is 7.43. The lowest BCUT2D eigenvalue weighted by Crippen LogP contribution is -2.04. The Labute approximate surface area is 179 Å². The first-order chi connectivity index (χ1) is 14.2. The van der Waals surface area contributed by atoms with Gasteiger partial charge in [0.25, 0.3) is 0 Å². The van der Waals surface area contributed by atoms with Crippen LogP contribution in [0.3, 0.4) is 0 Å². The van der Waals surface area contributed by atoms with E-state index in [1.54, 1.807) is 0 Å². The van der Waals surface area contributed by atoms with E-state index in [0.717, 1.165) is 27.2 Å². The molecule has 0 amide bonds. The monoisotopic (exact) mass is 451 g/mol. The van der Waals surface area contributed by atoms with Crippen molar-refractivity contribution in [1.29, 1.82) is 0 Å². The zero-order valence-corrected chi connectivity index (χ0v) is 17.7. The number of benzene rings is 3. The second kappa shape index (κ2) is 10.4. The maximum Gasteiger partial charge on any atom is 0.176 e. The Morgan fingerprint density at radius 1 is 0.966 bits per heavy atom. The van der Waals surface area contributed by atoms with Gasteiger partial charge < -0.3 is 19.5 Å². The fourth-order valence-electron chi connectivity index (χ4n) is 2.71. The summed E-state index contributed by atoms with van der Waals surface area (Å²) in [5.74, 6) is 5.36. The van der Waals surface area contributed by atoms with Crippen LogP contribution in [0.4, 0.5) is 5.69 Å². The summed E-state index contributed by atoms with van der Waals surface area (Å²) in [5, 5.41) is 3.41. The van der Waals surface area contributed by atoms with Crippen molar-refractivity contribution >= 4 is 21.6 Å². The topological polar surface area (TPSA) is 39.7 Å². The number of terminal acetylenes is 1. The molecule has 29 heavy (non-hydrogen) atoms. The van der Waals surface area contributed by atoms with Crippen LogP contribution in [0.1, 0.15) is 12.5 Å². The summed E-state index contributed by atoms with van der Waals surface area (Å²) >= 11 is 3.55. The normalized spacial score (nSPS) is 10.1. The van der Waals surface area contributed by atoms with Crippen molar-refractivity contribution in [2.45, 2.75) is 13.5 Å². The molecule has 0 radical (unpaired) electrons. The lowest BCUT2D eigenvalue weighted by Gasteiger charge is -2.15. The first kappa shape index (κ1) is 20.6. The third-order valence-electron chi connectivity index (χ3n) is 4.00. The van der Waals surface area contributed by atoms with Crippen LogP contribution in [0.25, 0.3) is 0 Å². The number of hydrogen-bond donors (Lipinski definition) is 1. The van der Waals surface area contributed by atoms with Gasteiger partial charge in [-0.3, -0.25) is 0 Å². The van der Waals surface area contributed by atoms with Crippen LogP contribution in [0.15, 0.2) is 71.2 Å². The highest BCUT2D eigenvalue weighted by molar-refractivity contribution is 9.10. The summed E-state index contributed by atoms with van der Waals surface area (Å²) in [6.45, 7) is 3.29. The first-order valence-corrected chi connectivity index (χ1v) is 10.1. The molecule has 5 heteroatoms. The number of ether oxygens (including phenoxy) is 3. The SMILES string of the molecule is C#CCOc1c(Br)cc(CNc2ccc(Oc3ccccc3)cc2)cc1OCC. The fraction of sp³-hybridized carbons (Fsp3) is 0.167. The molecule has 0 fully saturated rings. The maximum atomic E-state index is 5.82. The number of rotatable bonds is 9. The van der Waals surface area contributed by atoms with Crippen LogP contribution >= 0.6 is 15.9 Å². The standard InChI is InChI=1S/C24H22BrNO3/c1-3-14-28-24-22(25)15-18(16-23(24)27-4-2)17-26-19-10-12-21(13-11-19)29-20-8-6-5-7-9-20/h1,5-13,15-16,26H,4,14,17H2,2H3. The minimum Gasteiger partial charge on any atom is -0.490 e. The summed E-state index contributed by atoms with van der Waals surface area (Å²) < 4.78 is 17.9. The molecule has 3 rings (SSSR count). The number of nitrogens with one attached hydrogen (secondary N) is 1. The molecule has 3 aromatic carbocycles. The molecule has 148 valence electrons. The zero-order chi connectivity index (χ0) is 20.5. The molecular weight excluding hydrogens is 430 g/mol. The summed E-state index contributed by atoms with van der Waals surface area (Å²) in [4.78, 5) is 0. The molecule has 0 spiro atoms. The van der Waals surface area contributed by atoms with E-state index in [4.69, 9.17) is 20.6 Å². The Morgan fingerprint density at radius 3 is 2.38 bits per heavy atom. The second-order valence-electron chi connectivity index (χ2n) is 6.12. The van der Waals surface area contributed by atoms with Gasteiger partial charge in [-0.2, -0.15) is 0 Å². The Hall–Kier alpha value is -3.10. The van der Waals surface area contributed by atoms with Crippen molar-refractivity contribution in [2.24, 2.45) is 0 Å². The number of para-hydroxylation sites is 1. The van der Waals surface area contributed by atoms with E-state index in [1.807, 2.05) is 73.7 Å². The molecule has 3 aromatic rings. The zero-order valence-electron chi connectivity index (χ0n) is 16.2. The van der Waals surface area contributed by atoms with Gasteiger partial charge in [-0.1, -0.05) is 24.1 Å². The lowest BCUT2D eigenvalue weighted by molar-refractivity contribution is 0.297. The Balaban J connectivity index is 1.65. The summed E-state index contributed by atoms with van der Waals surface area (Å²) in [5.41, 5.74) is 2.05. The van der Waals surface area contributed by atoms with Crippen LogP contribution < -0.4 is 19.5 Å². The van der Waals surface area contributed by atoms with Gasteiger partial charge in [-0.15, -0.1) is 6.42 Å². The van der Waals surface area contributed by atoms with E-state index in [9.17, 15) is 0 Å². The molecule has 4 nitrogen and oxygen atoms in total. The van der Waals surface area contributed by atoms with Crippen molar-refractivity contribution in [3.63, 3.8) is 0 Å². The predicted octanol–water partition coefficient (Wildman–Crippen LogP) is 6.26. The van der Waals surface area contributed by atoms with Gasteiger partial charge in [0.15, 0.2) is 11.5 Å². The smallest absolute Gasteiger partial charge is 0.176 e. The fourth-order valence-corrected chi connectivity index (χ4v) is 3.31. The van der Waals surface area contributed by atoms with E-state index in [-0.39, 0.29) is 6.61 Å². The molecule has 0 unspecified atom stereocenters. The quantitative estimate of drug-likeness (QED) is 0.389. The Morgan fingerprint density at radius 2 is 1.69 bits per heavy atom. The van der Waals surface area contributed by atoms with E-state index < -0.39 is 0 Å². The molecule has 0 heterocycles. The molecule has 0 saturated heterocycles. The minimum absolute atomic E-state index is 0.188. The average Bonchev–Trinajstić information content (AvgIpc) is 2.74. The molecule has 0 aliphatic heterocycles. The van der Waals surface area contributed by atoms with Gasteiger partial charge in [-0.05, 0) is 76.9 Å². The van der Waals surface area contributed by atoms with Crippen molar-refractivity contribution in [1.82, 2.24) is 0 Å². The van der Waals surface area contributed by atoms with Gasteiger partial charge in [0.2, 0.25) is 0 Å². The van der Waals surface area contributed by atoms with Crippen LogP contribution in [-0.4, -0.2) is 13.2 Å². The minimum atomic E-state index is 0.188. The summed E-state index contributed by atoms with van der Waals surface area (Å²) in [7, 11) is 0. The summed E-state index contributed by atoms with van der Waals surface area (Å²) in [6, 6.07) is 21.5. The molecule has 0 aliphatic rings. The van der Waals surface area contributed by atoms with E-state index in [1.165, 1.54) is 0 Å². The van der Waals surface area contributed by atoms with Crippen LogP contribution in [0.2, 0.25) is 0 Å². The van der Waals surface area contributed by atoms with Crippen LogP contribution in [0, 0.1) is 12.3 Å². The first-order valence-electron chi connectivity index (χ1n) is 9.28. The maximum absolute atomic E-state index is 5.82. The molecule has 0 bridgehead atoms. The average molecular weight is 452 g/mol. The third kappa shape index (κ3) is 5.94. The van der Waals surface area contributed by atoms with Gasteiger partial charge in [0.05, 0.1) is 11.1 Å². The third-order valence-corrected chi connectivity index (χ3v) is 4.59. The van der Waals surface area contributed by atoms with Gasteiger partial charge >= 0.3 is 0 Å². The number of halogens is 1. The molecular formula is C24H22BrNO3. The Bertz CT molecular complexity index is 966. The van der Waals surface area contributed by atoms with Crippen molar-refractivity contribution in [2.75, 3.05) is 18.5 Å². The number of hydrogen-bond acceptors (Lipinski definition) is 4. The largest absolute Gasteiger partial charge is 0.490 e. The van der Waals surface area contributed by atoms with Crippen LogP contribution in [0.5, 0.6) is 23.0 Å². The molecule has 0 atom stereocenters. The highest BCUT2D eigenvalue weighted by atomic mass is 79.9. The van der Waals surface area contributed by atoms with Crippen molar-refractivity contribution in [3.05, 3.63) is 76.8 Å². The summed E-state index contributed by atoms with van der Waals surface area (Å²) in [6.07, 6.45) is 5.30. The molecule has 0 saturated carbocycles. The highest BCUT2D eigenvalue weighted by Gasteiger charge is 2.12. The molecule has 1 N–H and O–H groups in total. The van der Waals surface area contributed by atoms with E-state index in [0.29, 0.717) is 24.7 Å². The van der Waals surface area contributed by atoms with E-state index in [2.05, 4.69) is 27.2 Å². The van der Waals surface area contributed by atoms with Gasteiger partial charge in [0.1, 0.15) is 18.1 Å². The number of anilines is 1. The van der Waals surface area contributed by atoms with E-state index >= 15 is 0 Å². The second-order valence-corrected chi connectivity index (χ2v) is 6.98. The highest BCUT2D eigenvalue weighted by Crippen LogP contribution is 2.37. The molecule has 0 aliphatic carbocycles. The lowest BCUT2D eigenvalue weighted by atomic mass is 10.2. The van der Waals surface area contributed by atoms with Gasteiger partial charge in [0, 0.05) is 12.2 Å².